The van der Waals surface area contributed by atoms with Gasteiger partial charge in [-0.1, -0.05) is 0 Å². The van der Waals surface area contributed by atoms with Crippen molar-refractivity contribution >= 4 is 6.34 Å². The fraction of sp³-hybridized carbons (Fsp3) is 0.333. The molecule has 0 unspecified atom stereocenters. The van der Waals surface area contributed by atoms with E-state index in [0.29, 0.717) is 6.54 Å². The summed E-state index contributed by atoms with van der Waals surface area (Å²) in [5.41, 5.74) is 0. The number of hydrogen-bond donors (Lipinski definition) is 2. The molecule has 0 atom stereocenters. The summed E-state index contributed by atoms with van der Waals surface area (Å²) in [5.74, 6) is 0. The highest BCUT2D eigenvalue weighted by Gasteiger charge is 1.56. The van der Waals surface area contributed by atoms with Gasteiger partial charge in [-0.15, -0.1) is 0 Å². The third kappa shape index (κ3) is 3.47. The molecule has 1 radical (unpaired) electrons. The second-order valence-corrected chi connectivity index (χ2v) is 0.598. The van der Waals surface area contributed by atoms with Crippen LogP contribution in [0.1, 0.15) is 0 Å². The van der Waals surface area contributed by atoms with Crippen LogP contribution in [-0.2, 0) is 0 Å². The molecule has 0 aliphatic heterocycles. The monoisotopic (exact) mass is 71.1 g/mol. The van der Waals surface area contributed by atoms with Crippen molar-refractivity contribution in [2.45, 2.75) is 0 Å². The zero-order valence-electron chi connectivity index (χ0n) is 2.99. The van der Waals surface area contributed by atoms with Crippen LogP contribution in [0.4, 0.5) is 0 Å². The van der Waals surface area contributed by atoms with E-state index in [0.717, 1.165) is 6.34 Å². The van der Waals surface area contributed by atoms with Crippen molar-refractivity contribution in [3.05, 3.63) is 6.92 Å². The van der Waals surface area contributed by atoms with Gasteiger partial charge in [-0.3, -0.25) is 5.41 Å². The van der Waals surface area contributed by atoms with Gasteiger partial charge in [0.2, 0.25) is 0 Å². The van der Waals surface area contributed by atoms with E-state index in [4.69, 9.17) is 5.41 Å². The standard InChI is InChI=1S/C3H7N2/c1-2-5-3-4/h3H,1-2H2,(H2,4,5). The quantitative estimate of drug-likeness (QED) is 0.349. The number of hydrogen-bond acceptors (Lipinski definition) is 1. The Bertz CT molecular complexity index is 26.1. The Kier molecular flexibility index (Phi) is 3.10. The Morgan fingerprint density at radius 3 is 2.60 bits per heavy atom. The van der Waals surface area contributed by atoms with Gasteiger partial charge in [-0.2, -0.15) is 0 Å². The first-order valence-electron chi connectivity index (χ1n) is 1.43. The molecule has 0 saturated heterocycles. The molecule has 0 spiro atoms. The summed E-state index contributed by atoms with van der Waals surface area (Å²) >= 11 is 0. The molecule has 0 saturated carbocycles. The maximum absolute atomic E-state index is 6.33. The van der Waals surface area contributed by atoms with Gasteiger partial charge in [-0.05, 0) is 6.92 Å². The van der Waals surface area contributed by atoms with E-state index in [9.17, 15) is 0 Å². The zero-order chi connectivity index (χ0) is 4.12. The van der Waals surface area contributed by atoms with Crippen molar-refractivity contribution in [3.8, 4) is 0 Å². The molecule has 0 heterocycles. The maximum Gasteiger partial charge on any atom is 0.0791 e. The Morgan fingerprint density at radius 1 is 2.00 bits per heavy atom. The Morgan fingerprint density at radius 2 is 2.60 bits per heavy atom. The molecule has 0 amide bonds. The Labute approximate surface area is 31.7 Å². The molecule has 5 heavy (non-hydrogen) atoms. The molecule has 0 aromatic heterocycles. The first kappa shape index (κ1) is 4.47. The minimum absolute atomic E-state index is 0.601. The molecular weight excluding hydrogens is 64.0 g/mol. The highest BCUT2D eigenvalue weighted by molar-refractivity contribution is 5.49. The molecule has 2 N–H and O–H groups in total. The van der Waals surface area contributed by atoms with E-state index < -0.39 is 0 Å². The fourth-order valence-corrected chi connectivity index (χ4v) is 0.0722. The van der Waals surface area contributed by atoms with E-state index in [1.807, 2.05) is 0 Å². The van der Waals surface area contributed by atoms with Gasteiger partial charge in [0.25, 0.3) is 0 Å². The fourth-order valence-electron chi connectivity index (χ4n) is 0.0722. The second kappa shape index (κ2) is 3.47. The average Bonchev–Trinajstić information content (AvgIpc) is 1.41. The van der Waals surface area contributed by atoms with Crippen molar-refractivity contribution in [2.75, 3.05) is 6.54 Å². The van der Waals surface area contributed by atoms with Gasteiger partial charge < -0.3 is 5.32 Å². The third-order valence-electron chi connectivity index (χ3n) is 0.246. The predicted octanol–water partition coefficient (Wildman–Crippen LogP) is 0.0172. The number of rotatable bonds is 2. The van der Waals surface area contributed by atoms with E-state index in [1.54, 1.807) is 0 Å². The summed E-state index contributed by atoms with van der Waals surface area (Å²) in [6.45, 7) is 4.01. The molecule has 29 valence electrons. The summed E-state index contributed by atoms with van der Waals surface area (Å²) in [6, 6.07) is 0. The van der Waals surface area contributed by atoms with Crippen LogP contribution in [0.2, 0.25) is 0 Å². The van der Waals surface area contributed by atoms with Gasteiger partial charge in [0.05, 0.1) is 6.34 Å². The van der Waals surface area contributed by atoms with Crippen LogP contribution in [0.25, 0.3) is 0 Å². The van der Waals surface area contributed by atoms with Crippen molar-refractivity contribution in [3.63, 3.8) is 0 Å². The SMILES string of the molecule is [CH2]CNC=N. The summed E-state index contributed by atoms with van der Waals surface area (Å²) in [7, 11) is 0. The van der Waals surface area contributed by atoms with E-state index in [-0.39, 0.29) is 0 Å². The molecule has 0 aromatic rings. The van der Waals surface area contributed by atoms with Crippen molar-refractivity contribution in [1.82, 2.24) is 5.32 Å². The molecular formula is C3H7N2. The minimum Gasteiger partial charge on any atom is -0.377 e. The summed E-state index contributed by atoms with van der Waals surface area (Å²) in [5, 5.41) is 8.87. The van der Waals surface area contributed by atoms with Crippen LogP contribution < -0.4 is 5.32 Å². The van der Waals surface area contributed by atoms with E-state index in [2.05, 4.69) is 12.2 Å². The average molecular weight is 71.1 g/mol. The second-order valence-electron chi connectivity index (χ2n) is 0.598. The Balaban J connectivity index is 2.40. The van der Waals surface area contributed by atoms with Crippen LogP contribution in [0.5, 0.6) is 0 Å². The van der Waals surface area contributed by atoms with E-state index >= 15 is 0 Å². The predicted molar refractivity (Wildman–Crippen MR) is 22.1 cm³/mol. The van der Waals surface area contributed by atoms with Crippen LogP contribution in [0.15, 0.2) is 0 Å². The largest absolute Gasteiger partial charge is 0.377 e. The summed E-state index contributed by atoms with van der Waals surface area (Å²) < 4.78 is 0. The lowest BCUT2D eigenvalue weighted by Gasteiger charge is -1.81. The highest BCUT2D eigenvalue weighted by atomic mass is 14.9. The molecule has 2 nitrogen and oxygen atoms in total. The molecule has 0 aliphatic carbocycles. The molecule has 0 fully saturated rings. The smallest absolute Gasteiger partial charge is 0.0791 e. The van der Waals surface area contributed by atoms with Gasteiger partial charge in [0.15, 0.2) is 0 Å². The Hall–Kier alpha value is -0.530. The van der Waals surface area contributed by atoms with Gasteiger partial charge in [-0.25, -0.2) is 0 Å². The molecule has 0 rings (SSSR count). The zero-order valence-corrected chi connectivity index (χ0v) is 2.99. The van der Waals surface area contributed by atoms with Crippen LogP contribution in [0.3, 0.4) is 0 Å². The van der Waals surface area contributed by atoms with Crippen LogP contribution in [-0.4, -0.2) is 12.9 Å². The topological polar surface area (TPSA) is 35.9 Å². The highest BCUT2D eigenvalue weighted by Crippen LogP contribution is 1.36. The molecule has 0 bridgehead atoms. The first-order valence-corrected chi connectivity index (χ1v) is 1.43. The van der Waals surface area contributed by atoms with Crippen LogP contribution >= 0.6 is 0 Å². The number of nitrogens with one attached hydrogen (secondary N) is 2. The first-order chi connectivity index (χ1) is 2.41. The molecule has 0 aromatic carbocycles. The molecule has 2 heteroatoms. The van der Waals surface area contributed by atoms with Crippen molar-refractivity contribution in [2.24, 2.45) is 0 Å². The lowest BCUT2D eigenvalue weighted by Crippen LogP contribution is -2.07. The van der Waals surface area contributed by atoms with Crippen molar-refractivity contribution < 1.29 is 0 Å². The molecule has 0 aliphatic rings. The van der Waals surface area contributed by atoms with E-state index in [1.165, 1.54) is 0 Å². The van der Waals surface area contributed by atoms with Crippen molar-refractivity contribution in [1.29, 1.82) is 5.41 Å². The third-order valence-corrected chi connectivity index (χ3v) is 0.246. The van der Waals surface area contributed by atoms with Gasteiger partial charge >= 0.3 is 0 Å². The van der Waals surface area contributed by atoms with Gasteiger partial charge in [0, 0.05) is 6.54 Å². The maximum atomic E-state index is 6.33. The van der Waals surface area contributed by atoms with Crippen LogP contribution in [0, 0.1) is 12.3 Å². The lowest BCUT2D eigenvalue weighted by atomic mass is 10.8. The lowest BCUT2D eigenvalue weighted by molar-refractivity contribution is 1.06. The van der Waals surface area contributed by atoms with Gasteiger partial charge in [0.1, 0.15) is 0 Å². The summed E-state index contributed by atoms with van der Waals surface area (Å²) in [6.07, 6.45) is 1.12. The summed E-state index contributed by atoms with van der Waals surface area (Å²) in [4.78, 5) is 0. The normalized spacial score (nSPS) is 6.60. The minimum atomic E-state index is 0.601.